The van der Waals surface area contributed by atoms with E-state index in [0.29, 0.717) is 102 Å². The molecule has 3 aromatic rings. The fraction of sp³-hybridized carbons (Fsp3) is 0.590. The third-order valence-corrected chi connectivity index (χ3v) is 13.1. The molecule has 51 heavy (non-hydrogen) atoms. The lowest BCUT2D eigenvalue weighted by molar-refractivity contribution is -0.108. The smallest absolute Gasteiger partial charge is 0.262 e. The van der Waals surface area contributed by atoms with Crippen LogP contribution < -0.4 is 15.8 Å². The summed E-state index contributed by atoms with van der Waals surface area (Å²) in [5, 5.41) is 25.4. The van der Waals surface area contributed by atoms with Crippen LogP contribution in [-0.2, 0) is 13.0 Å². The predicted octanol–water partition coefficient (Wildman–Crippen LogP) is 6.62. The summed E-state index contributed by atoms with van der Waals surface area (Å²) in [4.78, 5) is 31.1. The fourth-order valence-corrected chi connectivity index (χ4v) is 9.72. The number of anilines is 2. The average molecular weight is 734 g/mol. The highest BCUT2D eigenvalue weighted by molar-refractivity contribution is 6.35. The van der Waals surface area contributed by atoms with Crippen LogP contribution >= 0.6 is 23.2 Å². The van der Waals surface area contributed by atoms with E-state index in [1.54, 1.807) is 10.6 Å². The molecule has 1 unspecified atom stereocenters. The van der Waals surface area contributed by atoms with Crippen molar-refractivity contribution >= 4 is 51.7 Å². The normalized spacial score (nSPS) is 28.1. The number of piperidine rings is 1. The second-order valence-corrected chi connectivity index (χ2v) is 16.9. The summed E-state index contributed by atoms with van der Waals surface area (Å²) in [6.07, 6.45) is 6.17. The number of aliphatic hydroxyl groups is 1. The van der Waals surface area contributed by atoms with Crippen LogP contribution in [0.1, 0.15) is 65.9 Å². The van der Waals surface area contributed by atoms with Gasteiger partial charge in [0.1, 0.15) is 0 Å². The van der Waals surface area contributed by atoms with E-state index in [1.807, 2.05) is 35.2 Å². The highest BCUT2D eigenvalue weighted by Gasteiger charge is 2.56. The van der Waals surface area contributed by atoms with Crippen molar-refractivity contribution in [1.29, 1.82) is 5.26 Å². The molecule has 0 spiro atoms. The van der Waals surface area contributed by atoms with E-state index in [4.69, 9.17) is 33.2 Å². The second-order valence-electron chi connectivity index (χ2n) is 16.0. The molecule has 2 bridgehead atoms. The Balaban J connectivity index is 1.23. The number of halogens is 2. The first-order chi connectivity index (χ1) is 24.3. The zero-order valence-electron chi connectivity index (χ0n) is 30.3. The number of aromatic nitrogens is 2. The summed E-state index contributed by atoms with van der Waals surface area (Å²) in [5.41, 5.74) is 2.58. The molecule has 10 nitrogen and oxygen atoms in total. The monoisotopic (exact) mass is 732 g/mol. The molecule has 3 saturated carbocycles. The lowest BCUT2D eigenvalue weighted by Crippen LogP contribution is -2.59. The Hall–Kier alpha value is -3.52. The lowest BCUT2D eigenvalue weighted by atomic mass is 9.45. The molecule has 3 aliphatic carbocycles. The molecule has 5 fully saturated rings. The molecule has 5 aliphatic rings. The van der Waals surface area contributed by atoms with Crippen LogP contribution in [0.3, 0.4) is 0 Å². The summed E-state index contributed by atoms with van der Waals surface area (Å²) in [7, 11) is 0. The van der Waals surface area contributed by atoms with Gasteiger partial charge in [0.05, 0.1) is 35.1 Å². The lowest BCUT2D eigenvalue weighted by Gasteiger charge is -2.61. The van der Waals surface area contributed by atoms with Gasteiger partial charge in [0.2, 0.25) is 5.95 Å². The Bertz CT molecular complexity index is 1900. The van der Waals surface area contributed by atoms with Crippen LogP contribution in [0.25, 0.3) is 10.9 Å². The van der Waals surface area contributed by atoms with Crippen molar-refractivity contribution in [2.75, 3.05) is 36.4 Å². The van der Waals surface area contributed by atoms with Crippen molar-refractivity contribution < 1.29 is 5.11 Å². The highest BCUT2D eigenvalue weighted by atomic mass is 35.5. The maximum atomic E-state index is 14.2. The minimum atomic E-state index is -0.354. The van der Waals surface area contributed by atoms with Gasteiger partial charge in [-0.15, -0.1) is 0 Å². The van der Waals surface area contributed by atoms with E-state index >= 15 is 0 Å². The maximum absolute atomic E-state index is 14.2. The van der Waals surface area contributed by atoms with Crippen molar-refractivity contribution in [3.05, 3.63) is 62.4 Å². The third-order valence-electron chi connectivity index (χ3n) is 12.5. The van der Waals surface area contributed by atoms with Gasteiger partial charge in [-0.2, -0.15) is 5.26 Å². The van der Waals surface area contributed by atoms with E-state index in [9.17, 15) is 15.2 Å². The van der Waals surface area contributed by atoms with Gasteiger partial charge in [-0.05, 0) is 105 Å². The molecule has 2 saturated heterocycles. The Kier molecular flexibility index (Phi) is 9.94. The molecule has 8 rings (SSSR count). The Labute approximate surface area is 311 Å². The van der Waals surface area contributed by atoms with Crippen molar-refractivity contribution in [3.63, 3.8) is 0 Å². The van der Waals surface area contributed by atoms with Crippen LogP contribution in [0.5, 0.6) is 0 Å². The fourth-order valence-electron chi connectivity index (χ4n) is 9.22. The number of fused-ring (bicyclic) bond motifs is 3. The molecule has 3 heterocycles. The number of aliphatic imine (C=N–C) groups is 1. The van der Waals surface area contributed by atoms with Crippen LogP contribution in [-0.4, -0.2) is 80.8 Å². The number of nitrogens with one attached hydrogen (secondary N) is 1. The standard InChI is InChI=1S/C39H50Cl2N8O2/c1-23-20-47(21-24(2)49(23)22-42)37(44-34-17-27-16-32(25(34)3)39(27,4)5)43-29-8-9-31-35(19-29)45-38(46-13-11-30(50)12-14-46)48(36(31)51)15-10-26-6-7-28(40)18-33(26)41/h6-9,18-19,23-25,27,30,32,34,50H,10-17,20-21H2,1-5H3,(H,43,44)/t23-,24+,25-,27-,32+,34?/m0/s1. The van der Waals surface area contributed by atoms with E-state index in [0.717, 1.165) is 23.6 Å². The molecule has 1 aromatic heterocycles. The molecular formula is C39H50Cl2N8O2. The number of hydrogen-bond acceptors (Lipinski definition) is 7. The molecule has 12 heteroatoms. The van der Waals surface area contributed by atoms with Gasteiger partial charge in [0.15, 0.2) is 12.2 Å². The first-order valence-electron chi connectivity index (χ1n) is 18.5. The van der Waals surface area contributed by atoms with E-state index in [1.165, 1.54) is 6.42 Å². The predicted molar refractivity (Wildman–Crippen MR) is 206 cm³/mol. The van der Waals surface area contributed by atoms with Crippen molar-refractivity contribution in [1.82, 2.24) is 19.4 Å². The number of guanidine groups is 1. The van der Waals surface area contributed by atoms with Gasteiger partial charge in [-0.3, -0.25) is 9.36 Å². The molecule has 2 aliphatic heterocycles. The number of rotatable bonds is 6. The Morgan fingerprint density at radius 3 is 2.45 bits per heavy atom. The number of aryl methyl sites for hydroxylation is 1. The number of hydrogen-bond donors (Lipinski definition) is 2. The van der Waals surface area contributed by atoms with Crippen LogP contribution in [0.4, 0.5) is 11.6 Å². The van der Waals surface area contributed by atoms with Gasteiger partial charge in [0.25, 0.3) is 5.56 Å². The zero-order chi connectivity index (χ0) is 36.2. The SMILES string of the molecule is C[C@@H]1C(N=C(Nc2ccc3c(=O)n(CCc4ccc(Cl)cc4Cl)c(N4CCC(O)CC4)nc3c2)N2C[C@@H](C)N(C#N)[C@@H](C)C2)C[C@@H]2C[C@H]1C2(C)C. The van der Waals surface area contributed by atoms with E-state index in [2.05, 4.69) is 55.9 Å². The molecule has 2 aromatic carbocycles. The summed E-state index contributed by atoms with van der Waals surface area (Å²) in [5.74, 6) is 3.24. The number of benzene rings is 2. The van der Waals surface area contributed by atoms with Gasteiger partial charge in [-0.25, -0.2) is 9.98 Å². The van der Waals surface area contributed by atoms with Crippen molar-refractivity contribution in [2.24, 2.45) is 28.2 Å². The summed E-state index contributed by atoms with van der Waals surface area (Å²) in [6.45, 7) is 14.4. The van der Waals surface area contributed by atoms with Gasteiger partial charge < -0.3 is 25.1 Å². The van der Waals surface area contributed by atoms with Crippen LogP contribution in [0.2, 0.25) is 10.0 Å². The average Bonchev–Trinajstić information content (AvgIpc) is 3.09. The van der Waals surface area contributed by atoms with Gasteiger partial charge in [-0.1, -0.05) is 50.0 Å². The second kappa shape index (κ2) is 14.1. The number of nitriles is 1. The summed E-state index contributed by atoms with van der Waals surface area (Å²) >= 11 is 12.7. The van der Waals surface area contributed by atoms with E-state index < -0.39 is 0 Å². The molecular weight excluding hydrogens is 683 g/mol. The molecule has 272 valence electrons. The first-order valence-corrected chi connectivity index (χ1v) is 19.3. The number of aliphatic hydroxyl groups excluding tert-OH is 1. The first kappa shape index (κ1) is 35.9. The van der Waals surface area contributed by atoms with Gasteiger partial charge >= 0.3 is 0 Å². The molecule has 0 radical (unpaired) electrons. The molecule has 6 atom stereocenters. The number of piperazine rings is 1. The highest BCUT2D eigenvalue weighted by Crippen LogP contribution is 2.61. The third kappa shape index (κ3) is 6.90. The Morgan fingerprint density at radius 1 is 1.08 bits per heavy atom. The summed E-state index contributed by atoms with van der Waals surface area (Å²) < 4.78 is 1.75. The maximum Gasteiger partial charge on any atom is 0.262 e. The molecule has 2 N–H and O–H groups in total. The summed E-state index contributed by atoms with van der Waals surface area (Å²) in [6, 6.07) is 11.5. The largest absolute Gasteiger partial charge is 0.393 e. The van der Waals surface area contributed by atoms with Crippen LogP contribution in [0.15, 0.2) is 46.2 Å². The molecule has 0 amide bonds. The van der Waals surface area contributed by atoms with Gasteiger partial charge in [0, 0.05) is 48.5 Å². The van der Waals surface area contributed by atoms with Crippen molar-refractivity contribution in [3.8, 4) is 6.19 Å². The van der Waals surface area contributed by atoms with E-state index in [-0.39, 0.29) is 29.8 Å². The zero-order valence-corrected chi connectivity index (χ0v) is 31.8. The van der Waals surface area contributed by atoms with Crippen molar-refractivity contribution in [2.45, 2.75) is 97.5 Å². The van der Waals surface area contributed by atoms with Crippen LogP contribution in [0, 0.1) is 34.6 Å². The number of nitrogens with zero attached hydrogens (tertiary/aromatic N) is 7. The Morgan fingerprint density at radius 2 is 1.80 bits per heavy atom. The minimum Gasteiger partial charge on any atom is -0.393 e. The quantitative estimate of drug-likeness (QED) is 0.165. The topological polar surface area (TPSA) is 113 Å². The minimum absolute atomic E-state index is 0.0481.